The molecule has 4 rings (SSSR count). The molecule has 5 heteroatoms. The zero-order valence-corrected chi connectivity index (χ0v) is 17.6. The number of likely N-dealkylation sites (tertiary alicyclic amines) is 1. The summed E-state index contributed by atoms with van der Waals surface area (Å²) in [6.07, 6.45) is 2.98. The molecule has 158 valence electrons. The van der Waals surface area contributed by atoms with E-state index in [2.05, 4.69) is 40.1 Å². The Labute approximate surface area is 179 Å². The summed E-state index contributed by atoms with van der Waals surface area (Å²) in [5, 5.41) is 0. The van der Waals surface area contributed by atoms with E-state index in [-0.39, 0.29) is 17.7 Å². The van der Waals surface area contributed by atoms with Gasteiger partial charge in [0.05, 0.1) is 5.92 Å². The van der Waals surface area contributed by atoms with Gasteiger partial charge in [0.15, 0.2) is 0 Å². The van der Waals surface area contributed by atoms with Crippen LogP contribution in [0.3, 0.4) is 0 Å². The minimum absolute atomic E-state index is 0.0105. The number of hydrogen-bond donors (Lipinski definition) is 0. The fourth-order valence-electron chi connectivity index (χ4n) is 4.54. The summed E-state index contributed by atoms with van der Waals surface area (Å²) in [5.74, 6) is -0.201. The Bertz CT molecular complexity index is 832. The molecule has 30 heavy (non-hydrogen) atoms. The number of carbonyl (C=O) groups is 2. The van der Waals surface area contributed by atoms with Crippen molar-refractivity contribution < 1.29 is 9.59 Å². The van der Waals surface area contributed by atoms with E-state index in [1.165, 1.54) is 10.6 Å². The molecule has 0 aliphatic carbocycles. The van der Waals surface area contributed by atoms with Crippen molar-refractivity contribution in [2.24, 2.45) is 0 Å². The van der Waals surface area contributed by atoms with Crippen molar-refractivity contribution in [3.05, 3.63) is 66.2 Å². The molecular formula is C25H31N3O2. The fraction of sp³-hybridized carbons (Fsp3) is 0.440. The van der Waals surface area contributed by atoms with Crippen LogP contribution in [0.25, 0.3) is 0 Å². The van der Waals surface area contributed by atoms with Gasteiger partial charge in [0, 0.05) is 44.8 Å². The van der Waals surface area contributed by atoms with E-state index in [4.69, 9.17) is 0 Å². The maximum atomic E-state index is 12.9. The molecule has 0 spiro atoms. The predicted molar refractivity (Wildman–Crippen MR) is 119 cm³/mol. The lowest BCUT2D eigenvalue weighted by Gasteiger charge is -2.36. The molecule has 2 aliphatic rings. The first-order valence-corrected chi connectivity index (χ1v) is 11.1. The first-order chi connectivity index (χ1) is 14.7. The van der Waals surface area contributed by atoms with Crippen LogP contribution in [0, 0.1) is 0 Å². The van der Waals surface area contributed by atoms with Crippen molar-refractivity contribution in [1.82, 2.24) is 9.80 Å². The first-order valence-electron chi connectivity index (χ1n) is 11.1. The van der Waals surface area contributed by atoms with Gasteiger partial charge >= 0.3 is 0 Å². The zero-order valence-electron chi connectivity index (χ0n) is 17.6. The van der Waals surface area contributed by atoms with E-state index in [9.17, 15) is 9.59 Å². The van der Waals surface area contributed by atoms with Gasteiger partial charge in [-0.3, -0.25) is 19.4 Å². The molecule has 2 heterocycles. The maximum absolute atomic E-state index is 12.9. The number of piperidine rings is 1. The van der Waals surface area contributed by atoms with Crippen molar-refractivity contribution in [2.45, 2.75) is 31.6 Å². The van der Waals surface area contributed by atoms with Crippen molar-refractivity contribution in [2.75, 3.05) is 44.2 Å². The molecule has 2 aliphatic heterocycles. The van der Waals surface area contributed by atoms with E-state index in [1.54, 1.807) is 0 Å². The Morgan fingerprint density at radius 3 is 2.10 bits per heavy atom. The number of para-hydroxylation sites is 1. The third-order valence-corrected chi connectivity index (χ3v) is 6.31. The van der Waals surface area contributed by atoms with Gasteiger partial charge in [-0.2, -0.15) is 0 Å². The Morgan fingerprint density at radius 2 is 1.40 bits per heavy atom. The van der Waals surface area contributed by atoms with Crippen LogP contribution in [0.2, 0.25) is 0 Å². The number of benzene rings is 2. The van der Waals surface area contributed by atoms with Gasteiger partial charge in [-0.25, -0.2) is 0 Å². The SMILES string of the molecule is O=C1CCC(c2ccccc2)C(=O)N1CCCCN1CCN(c2ccccc2)CC1. The number of carbonyl (C=O) groups excluding carboxylic acids is 2. The fourth-order valence-corrected chi connectivity index (χ4v) is 4.54. The van der Waals surface area contributed by atoms with Gasteiger partial charge in [0.2, 0.25) is 11.8 Å². The molecular weight excluding hydrogens is 374 g/mol. The summed E-state index contributed by atoms with van der Waals surface area (Å²) < 4.78 is 0. The second-order valence-corrected chi connectivity index (χ2v) is 8.26. The Morgan fingerprint density at radius 1 is 0.767 bits per heavy atom. The van der Waals surface area contributed by atoms with Crippen molar-refractivity contribution in [3.8, 4) is 0 Å². The van der Waals surface area contributed by atoms with Crippen molar-refractivity contribution in [1.29, 1.82) is 0 Å². The average Bonchev–Trinajstić information content (AvgIpc) is 2.80. The molecule has 0 saturated carbocycles. The van der Waals surface area contributed by atoms with Crippen molar-refractivity contribution >= 4 is 17.5 Å². The number of anilines is 1. The highest BCUT2D eigenvalue weighted by molar-refractivity contribution is 6.01. The summed E-state index contributed by atoms with van der Waals surface area (Å²) >= 11 is 0. The summed E-state index contributed by atoms with van der Waals surface area (Å²) in [5.41, 5.74) is 2.32. The second-order valence-electron chi connectivity index (χ2n) is 8.26. The van der Waals surface area contributed by atoms with Crippen LogP contribution in [0.15, 0.2) is 60.7 Å². The predicted octanol–water partition coefficient (Wildman–Crippen LogP) is 3.52. The molecule has 0 N–H and O–H groups in total. The Balaban J connectivity index is 1.20. The Kier molecular flexibility index (Phi) is 6.80. The van der Waals surface area contributed by atoms with Gasteiger partial charge in [0.25, 0.3) is 0 Å². The molecule has 0 aromatic heterocycles. The highest BCUT2D eigenvalue weighted by Crippen LogP contribution is 2.29. The molecule has 2 aromatic carbocycles. The van der Waals surface area contributed by atoms with E-state index >= 15 is 0 Å². The smallest absolute Gasteiger partial charge is 0.236 e. The molecule has 1 atom stereocenters. The molecule has 0 bridgehead atoms. The lowest BCUT2D eigenvalue weighted by atomic mass is 9.89. The minimum atomic E-state index is -0.171. The number of rotatable bonds is 7. The van der Waals surface area contributed by atoms with Crippen LogP contribution in [0.1, 0.15) is 37.2 Å². The van der Waals surface area contributed by atoms with Crippen LogP contribution in [0.5, 0.6) is 0 Å². The largest absolute Gasteiger partial charge is 0.369 e. The van der Waals surface area contributed by atoms with Crippen LogP contribution in [-0.4, -0.2) is 60.9 Å². The van der Waals surface area contributed by atoms with Gasteiger partial charge in [-0.15, -0.1) is 0 Å². The molecule has 5 nitrogen and oxygen atoms in total. The number of nitrogens with zero attached hydrogens (tertiary/aromatic N) is 3. The minimum Gasteiger partial charge on any atom is -0.369 e. The lowest BCUT2D eigenvalue weighted by molar-refractivity contribution is -0.149. The van der Waals surface area contributed by atoms with E-state index in [0.717, 1.165) is 51.1 Å². The molecule has 2 saturated heterocycles. The quantitative estimate of drug-likeness (QED) is 0.522. The number of unbranched alkanes of at least 4 members (excludes halogenated alkanes) is 1. The molecule has 0 radical (unpaired) electrons. The second kappa shape index (κ2) is 9.90. The van der Waals surface area contributed by atoms with Gasteiger partial charge in [-0.1, -0.05) is 48.5 Å². The van der Waals surface area contributed by atoms with Crippen LogP contribution in [-0.2, 0) is 9.59 Å². The molecule has 2 fully saturated rings. The topological polar surface area (TPSA) is 43.9 Å². The van der Waals surface area contributed by atoms with Crippen molar-refractivity contribution in [3.63, 3.8) is 0 Å². The molecule has 2 amide bonds. The third kappa shape index (κ3) is 4.90. The van der Waals surface area contributed by atoms with Gasteiger partial charge < -0.3 is 4.90 Å². The first kappa shape index (κ1) is 20.6. The van der Waals surface area contributed by atoms with E-state index in [0.29, 0.717) is 19.4 Å². The summed E-state index contributed by atoms with van der Waals surface area (Å²) in [4.78, 5) is 31.7. The zero-order chi connectivity index (χ0) is 20.8. The average molecular weight is 406 g/mol. The normalized spacial score (nSPS) is 20.6. The molecule has 2 aromatic rings. The summed E-state index contributed by atoms with van der Waals surface area (Å²) in [7, 11) is 0. The van der Waals surface area contributed by atoms with Crippen LogP contribution >= 0.6 is 0 Å². The van der Waals surface area contributed by atoms with Gasteiger partial charge in [-0.05, 0) is 43.5 Å². The highest BCUT2D eigenvalue weighted by atomic mass is 16.2. The monoisotopic (exact) mass is 405 g/mol. The summed E-state index contributed by atoms with van der Waals surface area (Å²) in [6.45, 7) is 5.79. The van der Waals surface area contributed by atoms with Crippen LogP contribution in [0.4, 0.5) is 5.69 Å². The number of piperazine rings is 1. The molecule has 1 unspecified atom stereocenters. The van der Waals surface area contributed by atoms with Crippen LogP contribution < -0.4 is 4.90 Å². The Hall–Kier alpha value is -2.66. The van der Waals surface area contributed by atoms with E-state index < -0.39 is 0 Å². The number of amides is 2. The summed E-state index contributed by atoms with van der Waals surface area (Å²) in [6, 6.07) is 20.4. The number of hydrogen-bond acceptors (Lipinski definition) is 4. The van der Waals surface area contributed by atoms with E-state index in [1.807, 2.05) is 30.3 Å². The van der Waals surface area contributed by atoms with Gasteiger partial charge in [0.1, 0.15) is 0 Å². The lowest BCUT2D eigenvalue weighted by Crippen LogP contribution is -2.47. The third-order valence-electron chi connectivity index (χ3n) is 6.31. The highest BCUT2D eigenvalue weighted by Gasteiger charge is 2.34. The standard InChI is InChI=1S/C25H31N3O2/c29-24-14-13-23(21-9-3-1-4-10-21)25(30)28(24)16-8-7-15-26-17-19-27(20-18-26)22-11-5-2-6-12-22/h1-6,9-12,23H,7-8,13-20H2. The number of imide groups is 1. The maximum Gasteiger partial charge on any atom is 0.236 e.